The minimum Gasteiger partial charge on any atom is -0.379 e. The molecule has 0 aliphatic rings. The molecular weight excluding hydrogens is 264 g/mol. The van der Waals surface area contributed by atoms with Gasteiger partial charge in [0.15, 0.2) is 0 Å². The van der Waals surface area contributed by atoms with Crippen molar-refractivity contribution in [3.05, 3.63) is 24.3 Å². The highest BCUT2D eigenvalue weighted by molar-refractivity contribution is 5.89. The van der Waals surface area contributed by atoms with E-state index in [4.69, 9.17) is 4.74 Å². The van der Waals surface area contributed by atoms with E-state index in [-0.39, 0.29) is 0 Å². The third-order valence-corrected chi connectivity index (χ3v) is 3.14. The number of benzene rings is 1. The molecule has 0 saturated carbocycles. The molecule has 5 heteroatoms. The summed E-state index contributed by atoms with van der Waals surface area (Å²) in [6.45, 7) is 5.81. The van der Waals surface area contributed by atoms with E-state index < -0.39 is 0 Å². The Hall–Kier alpha value is -1.88. The second-order valence-corrected chi connectivity index (χ2v) is 5.22. The molecule has 21 heavy (non-hydrogen) atoms. The van der Waals surface area contributed by atoms with Crippen molar-refractivity contribution in [2.45, 2.75) is 32.8 Å². The average molecular weight is 288 g/mol. The number of para-hydroxylation sites is 1. The number of anilines is 2. The van der Waals surface area contributed by atoms with E-state index in [0.717, 1.165) is 42.7 Å². The SMILES string of the molecule is CNc1nc(NCCCCOC(C)C)c2ccccc2n1. The largest absolute Gasteiger partial charge is 0.379 e. The summed E-state index contributed by atoms with van der Waals surface area (Å²) in [5, 5.41) is 7.46. The lowest BCUT2D eigenvalue weighted by Crippen LogP contribution is -2.09. The first-order chi connectivity index (χ1) is 10.2. The van der Waals surface area contributed by atoms with E-state index in [1.165, 1.54) is 0 Å². The predicted octanol–water partition coefficient (Wildman–Crippen LogP) is 3.29. The first-order valence-electron chi connectivity index (χ1n) is 7.50. The van der Waals surface area contributed by atoms with Crippen LogP contribution in [0.3, 0.4) is 0 Å². The number of ether oxygens (including phenoxy) is 1. The fraction of sp³-hybridized carbons (Fsp3) is 0.500. The number of unbranched alkanes of at least 4 members (excludes halogenated alkanes) is 1. The molecule has 5 nitrogen and oxygen atoms in total. The van der Waals surface area contributed by atoms with Crippen LogP contribution in [0.25, 0.3) is 10.9 Å². The van der Waals surface area contributed by atoms with Gasteiger partial charge in [-0.1, -0.05) is 12.1 Å². The van der Waals surface area contributed by atoms with Gasteiger partial charge in [-0.3, -0.25) is 0 Å². The summed E-state index contributed by atoms with van der Waals surface area (Å²) in [6.07, 6.45) is 2.41. The topological polar surface area (TPSA) is 59.1 Å². The van der Waals surface area contributed by atoms with E-state index in [9.17, 15) is 0 Å². The van der Waals surface area contributed by atoms with E-state index in [1.54, 1.807) is 0 Å². The molecule has 0 bridgehead atoms. The first kappa shape index (κ1) is 15.5. The van der Waals surface area contributed by atoms with Crippen molar-refractivity contribution in [3.63, 3.8) is 0 Å². The molecule has 114 valence electrons. The molecule has 0 spiro atoms. The average Bonchev–Trinajstić information content (AvgIpc) is 2.50. The van der Waals surface area contributed by atoms with Crippen molar-refractivity contribution in [1.82, 2.24) is 9.97 Å². The van der Waals surface area contributed by atoms with E-state index >= 15 is 0 Å². The molecule has 0 saturated heterocycles. The first-order valence-corrected chi connectivity index (χ1v) is 7.50. The molecule has 0 radical (unpaired) electrons. The van der Waals surface area contributed by atoms with Gasteiger partial charge in [-0.25, -0.2) is 4.98 Å². The molecule has 0 fully saturated rings. The van der Waals surface area contributed by atoms with Crippen LogP contribution in [0.1, 0.15) is 26.7 Å². The highest BCUT2D eigenvalue weighted by Crippen LogP contribution is 2.21. The normalized spacial score (nSPS) is 11.0. The highest BCUT2D eigenvalue weighted by atomic mass is 16.5. The Balaban J connectivity index is 1.94. The zero-order chi connectivity index (χ0) is 15.1. The molecule has 2 N–H and O–H groups in total. The van der Waals surface area contributed by atoms with Gasteiger partial charge in [0, 0.05) is 25.6 Å². The lowest BCUT2D eigenvalue weighted by molar-refractivity contribution is 0.0765. The number of nitrogens with zero attached hydrogens (tertiary/aromatic N) is 2. The highest BCUT2D eigenvalue weighted by Gasteiger charge is 2.05. The van der Waals surface area contributed by atoms with E-state index in [0.29, 0.717) is 12.1 Å². The van der Waals surface area contributed by atoms with Crippen LogP contribution in [0.4, 0.5) is 11.8 Å². The Kier molecular flexibility index (Phi) is 5.75. The molecule has 0 amide bonds. The Morgan fingerprint density at radius 3 is 2.71 bits per heavy atom. The van der Waals surface area contributed by atoms with Crippen LogP contribution in [-0.4, -0.2) is 36.3 Å². The molecule has 0 unspecified atom stereocenters. The van der Waals surface area contributed by atoms with E-state index in [2.05, 4.69) is 34.4 Å². The Morgan fingerprint density at radius 1 is 1.14 bits per heavy atom. The molecule has 2 aromatic rings. The zero-order valence-corrected chi connectivity index (χ0v) is 13.0. The van der Waals surface area contributed by atoms with Crippen molar-refractivity contribution < 1.29 is 4.74 Å². The fourth-order valence-corrected chi connectivity index (χ4v) is 2.08. The van der Waals surface area contributed by atoms with E-state index in [1.807, 2.05) is 31.3 Å². The second kappa shape index (κ2) is 7.78. The fourth-order valence-electron chi connectivity index (χ4n) is 2.08. The third-order valence-electron chi connectivity index (χ3n) is 3.14. The molecule has 1 aromatic carbocycles. The van der Waals surface area contributed by atoms with Crippen LogP contribution in [0.2, 0.25) is 0 Å². The number of aromatic nitrogens is 2. The molecule has 0 aliphatic heterocycles. The van der Waals surface area contributed by atoms with Crippen LogP contribution in [0.15, 0.2) is 24.3 Å². The van der Waals surface area contributed by atoms with Crippen LogP contribution >= 0.6 is 0 Å². The quantitative estimate of drug-likeness (QED) is 0.730. The molecule has 0 aliphatic carbocycles. The summed E-state index contributed by atoms with van der Waals surface area (Å²) in [5.41, 5.74) is 0.947. The summed E-state index contributed by atoms with van der Waals surface area (Å²) in [7, 11) is 1.83. The van der Waals surface area contributed by atoms with Crippen LogP contribution in [-0.2, 0) is 4.74 Å². The molecule has 2 rings (SSSR count). The van der Waals surface area contributed by atoms with Crippen molar-refractivity contribution in [2.75, 3.05) is 30.8 Å². The number of fused-ring (bicyclic) bond motifs is 1. The van der Waals surface area contributed by atoms with Gasteiger partial charge < -0.3 is 15.4 Å². The van der Waals surface area contributed by atoms with Crippen LogP contribution in [0, 0.1) is 0 Å². The summed E-state index contributed by atoms with van der Waals surface area (Å²) >= 11 is 0. The monoisotopic (exact) mass is 288 g/mol. The molecule has 0 atom stereocenters. The zero-order valence-electron chi connectivity index (χ0n) is 13.0. The lowest BCUT2D eigenvalue weighted by Gasteiger charge is -2.11. The third kappa shape index (κ3) is 4.56. The van der Waals surface area contributed by atoms with Gasteiger partial charge in [0.25, 0.3) is 0 Å². The number of rotatable bonds is 8. The number of nitrogens with one attached hydrogen (secondary N) is 2. The van der Waals surface area contributed by atoms with Crippen molar-refractivity contribution in [1.29, 1.82) is 0 Å². The van der Waals surface area contributed by atoms with Gasteiger partial charge >= 0.3 is 0 Å². The Labute approximate surface area is 126 Å². The standard InChI is InChI=1S/C16H24N4O/c1-12(2)21-11-7-6-10-18-15-13-8-4-5-9-14(13)19-16(17-3)20-15/h4-5,8-9,12H,6-7,10-11H2,1-3H3,(H2,17,18,19,20). The summed E-state index contributed by atoms with van der Waals surface area (Å²) in [6, 6.07) is 8.03. The predicted molar refractivity (Wildman–Crippen MR) is 87.9 cm³/mol. The second-order valence-electron chi connectivity index (χ2n) is 5.22. The van der Waals surface area contributed by atoms with Gasteiger partial charge in [0.2, 0.25) is 5.95 Å². The van der Waals surface area contributed by atoms with Crippen molar-refractivity contribution in [2.24, 2.45) is 0 Å². The van der Waals surface area contributed by atoms with Gasteiger partial charge in [0.05, 0.1) is 11.6 Å². The minimum absolute atomic E-state index is 0.307. The van der Waals surface area contributed by atoms with Crippen LogP contribution < -0.4 is 10.6 Å². The molecular formula is C16H24N4O. The Morgan fingerprint density at radius 2 is 1.95 bits per heavy atom. The number of hydrogen-bond donors (Lipinski definition) is 2. The summed E-state index contributed by atoms with van der Waals surface area (Å²) in [4.78, 5) is 8.95. The minimum atomic E-state index is 0.307. The van der Waals surface area contributed by atoms with Crippen molar-refractivity contribution >= 4 is 22.7 Å². The summed E-state index contributed by atoms with van der Waals surface area (Å²) < 4.78 is 5.54. The van der Waals surface area contributed by atoms with Gasteiger partial charge in [-0.15, -0.1) is 0 Å². The maximum Gasteiger partial charge on any atom is 0.224 e. The van der Waals surface area contributed by atoms with Crippen LogP contribution in [0.5, 0.6) is 0 Å². The maximum absolute atomic E-state index is 5.54. The maximum atomic E-state index is 5.54. The molecule has 1 aromatic heterocycles. The number of hydrogen-bond acceptors (Lipinski definition) is 5. The Bertz CT molecular complexity index is 571. The lowest BCUT2D eigenvalue weighted by atomic mass is 10.2. The molecule has 1 heterocycles. The van der Waals surface area contributed by atoms with Gasteiger partial charge in [0.1, 0.15) is 5.82 Å². The van der Waals surface area contributed by atoms with Gasteiger partial charge in [-0.2, -0.15) is 4.98 Å². The smallest absolute Gasteiger partial charge is 0.224 e. The van der Waals surface area contributed by atoms with Crippen molar-refractivity contribution in [3.8, 4) is 0 Å². The summed E-state index contributed by atoms with van der Waals surface area (Å²) in [5.74, 6) is 1.52. The van der Waals surface area contributed by atoms with Gasteiger partial charge in [-0.05, 0) is 38.8 Å².